The molecule has 0 aromatic heterocycles. The van der Waals surface area contributed by atoms with E-state index in [4.69, 9.17) is 16.3 Å². The van der Waals surface area contributed by atoms with Gasteiger partial charge in [-0.1, -0.05) is 35.5 Å². The highest BCUT2D eigenvalue weighted by atomic mass is 35.5. The molecule has 0 bridgehead atoms. The van der Waals surface area contributed by atoms with E-state index in [1.54, 1.807) is 54.6 Å². The Morgan fingerprint density at radius 1 is 1.19 bits per heavy atom. The number of aliphatic hydroxyl groups excluding tert-OH is 1. The lowest BCUT2D eigenvalue weighted by Gasteiger charge is -2.02. The minimum absolute atomic E-state index is 0.00106. The van der Waals surface area contributed by atoms with E-state index in [2.05, 4.69) is 4.99 Å². The van der Waals surface area contributed by atoms with Gasteiger partial charge in [0.25, 0.3) is 0 Å². The summed E-state index contributed by atoms with van der Waals surface area (Å²) in [5.74, 6) is -0.783. The van der Waals surface area contributed by atoms with Crippen molar-refractivity contribution in [3.63, 3.8) is 0 Å². The molecule has 2 aromatic rings. The molecule has 0 amide bonds. The highest BCUT2D eigenvalue weighted by Crippen LogP contribution is 2.40. The molecule has 0 radical (unpaired) electrons. The molecule has 3 rings (SSSR count). The maximum atomic E-state index is 12.1. The first-order valence-corrected chi connectivity index (χ1v) is 8.72. The van der Waals surface area contributed by atoms with Crippen molar-refractivity contribution < 1.29 is 19.7 Å². The SMILES string of the molecule is COC(=O)C1=C(O)/C(=C\c2cccc(O)c2)SC1=Nc1ccc(Cl)cc1. The Labute approximate surface area is 159 Å². The van der Waals surface area contributed by atoms with Crippen molar-refractivity contribution in [2.24, 2.45) is 4.99 Å². The second kappa shape index (κ2) is 7.68. The number of hydrogen-bond donors (Lipinski definition) is 2. The number of thioether (sulfide) groups is 1. The normalized spacial score (nSPS) is 17.2. The topological polar surface area (TPSA) is 79.1 Å². The van der Waals surface area contributed by atoms with Crippen LogP contribution in [0, 0.1) is 0 Å². The van der Waals surface area contributed by atoms with E-state index in [0.717, 1.165) is 11.8 Å². The van der Waals surface area contributed by atoms with E-state index < -0.39 is 5.97 Å². The van der Waals surface area contributed by atoms with Gasteiger partial charge in [0, 0.05) is 5.02 Å². The number of phenolic OH excluding ortho intramolecular Hbond substituents is 1. The minimum atomic E-state index is -0.679. The van der Waals surface area contributed by atoms with Crippen LogP contribution < -0.4 is 0 Å². The number of aliphatic imine (C=N–C) groups is 1. The van der Waals surface area contributed by atoms with Crippen molar-refractivity contribution in [2.75, 3.05) is 7.11 Å². The fourth-order valence-corrected chi connectivity index (χ4v) is 3.45. The Balaban J connectivity index is 2.04. The van der Waals surface area contributed by atoms with Gasteiger partial charge in [0.1, 0.15) is 22.1 Å². The van der Waals surface area contributed by atoms with Crippen molar-refractivity contribution in [2.45, 2.75) is 0 Å². The first-order valence-electron chi connectivity index (χ1n) is 7.53. The van der Waals surface area contributed by atoms with Crippen LogP contribution in [0.25, 0.3) is 6.08 Å². The van der Waals surface area contributed by atoms with Crippen LogP contribution in [0.1, 0.15) is 5.56 Å². The third kappa shape index (κ3) is 3.92. The van der Waals surface area contributed by atoms with Gasteiger partial charge >= 0.3 is 5.97 Å². The molecule has 0 aliphatic carbocycles. The molecule has 26 heavy (non-hydrogen) atoms. The molecule has 1 aliphatic heterocycles. The van der Waals surface area contributed by atoms with Gasteiger partial charge < -0.3 is 14.9 Å². The lowest BCUT2D eigenvalue weighted by Crippen LogP contribution is -2.10. The molecule has 1 aliphatic rings. The third-order valence-corrected chi connectivity index (χ3v) is 4.78. The molecule has 0 fully saturated rings. The Bertz CT molecular complexity index is 948. The largest absolute Gasteiger partial charge is 0.508 e. The Hall–Kier alpha value is -2.70. The number of hydrogen-bond acceptors (Lipinski definition) is 6. The molecule has 7 heteroatoms. The second-order valence-electron chi connectivity index (χ2n) is 5.31. The Morgan fingerprint density at radius 2 is 1.92 bits per heavy atom. The van der Waals surface area contributed by atoms with Crippen LogP contribution in [0.5, 0.6) is 5.75 Å². The van der Waals surface area contributed by atoms with Gasteiger partial charge in [0.05, 0.1) is 17.7 Å². The molecule has 2 N–H and O–H groups in total. The van der Waals surface area contributed by atoms with Gasteiger partial charge in [-0.2, -0.15) is 0 Å². The van der Waals surface area contributed by atoms with Gasteiger partial charge in [-0.05, 0) is 48.0 Å². The van der Waals surface area contributed by atoms with E-state index in [1.165, 1.54) is 7.11 Å². The fourth-order valence-electron chi connectivity index (χ4n) is 2.29. The summed E-state index contributed by atoms with van der Waals surface area (Å²) in [6.45, 7) is 0. The number of benzene rings is 2. The Morgan fingerprint density at radius 3 is 2.58 bits per heavy atom. The predicted molar refractivity (Wildman–Crippen MR) is 104 cm³/mol. The van der Waals surface area contributed by atoms with Gasteiger partial charge in [-0.15, -0.1) is 0 Å². The van der Waals surface area contributed by atoms with E-state index in [1.807, 2.05) is 0 Å². The summed E-state index contributed by atoms with van der Waals surface area (Å²) in [5.41, 5.74) is 1.26. The fraction of sp³-hybridized carbons (Fsp3) is 0.0526. The van der Waals surface area contributed by atoms with Crippen LogP contribution in [-0.2, 0) is 9.53 Å². The van der Waals surface area contributed by atoms with E-state index >= 15 is 0 Å². The van der Waals surface area contributed by atoms with E-state index in [0.29, 0.717) is 26.2 Å². The standard InChI is InChI=1S/C19H14ClNO4S/c1-25-19(24)16-17(23)15(10-11-3-2-4-14(22)9-11)26-18(16)21-13-7-5-12(20)6-8-13/h2-10,22-23H,1H3/b15-10+,21-18?. The predicted octanol–water partition coefficient (Wildman–Crippen LogP) is 4.85. The van der Waals surface area contributed by atoms with Gasteiger partial charge in [-0.3, -0.25) is 0 Å². The van der Waals surface area contributed by atoms with Gasteiger partial charge in [-0.25, -0.2) is 9.79 Å². The van der Waals surface area contributed by atoms with Crippen molar-refractivity contribution >= 4 is 46.1 Å². The molecule has 132 valence electrons. The van der Waals surface area contributed by atoms with Crippen LogP contribution in [0.4, 0.5) is 5.69 Å². The first-order chi connectivity index (χ1) is 12.5. The van der Waals surface area contributed by atoms with Gasteiger partial charge in [0.2, 0.25) is 0 Å². The number of methoxy groups -OCH3 is 1. The zero-order chi connectivity index (χ0) is 18.7. The number of aliphatic hydroxyl groups is 1. The highest BCUT2D eigenvalue weighted by molar-refractivity contribution is 8.18. The molecule has 0 spiro atoms. The number of rotatable bonds is 3. The summed E-state index contributed by atoms with van der Waals surface area (Å²) in [7, 11) is 1.24. The van der Waals surface area contributed by atoms with Gasteiger partial charge in [0.15, 0.2) is 0 Å². The van der Waals surface area contributed by atoms with E-state index in [-0.39, 0.29) is 17.1 Å². The number of esters is 1. The first kappa shape index (κ1) is 18.1. The molecular weight excluding hydrogens is 374 g/mol. The van der Waals surface area contributed by atoms with Crippen molar-refractivity contribution in [3.8, 4) is 5.75 Å². The number of aromatic hydroxyl groups is 1. The van der Waals surface area contributed by atoms with Crippen LogP contribution in [-0.4, -0.2) is 28.3 Å². The molecule has 0 unspecified atom stereocenters. The minimum Gasteiger partial charge on any atom is -0.508 e. The molecule has 1 heterocycles. The number of carbonyl (C=O) groups excluding carboxylic acids is 1. The van der Waals surface area contributed by atoms with Crippen LogP contribution in [0.2, 0.25) is 5.02 Å². The number of carbonyl (C=O) groups is 1. The third-order valence-electron chi connectivity index (χ3n) is 3.51. The van der Waals surface area contributed by atoms with Crippen LogP contribution >= 0.6 is 23.4 Å². The molecule has 5 nitrogen and oxygen atoms in total. The lowest BCUT2D eigenvalue weighted by molar-refractivity contribution is -0.135. The average Bonchev–Trinajstić information content (AvgIpc) is 2.91. The summed E-state index contributed by atoms with van der Waals surface area (Å²) in [5, 5.41) is 21.0. The van der Waals surface area contributed by atoms with Crippen molar-refractivity contribution in [3.05, 3.63) is 75.4 Å². The maximum Gasteiger partial charge on any atom is 0.344 e. The van der Waals surface area contributed by atoms with Crippen molar-refractivity contribution in [1.29, 1.82) is 0 Å². The van der Waals surface area contributed by atoms with Crippen LogP contribution in [0.15, 0.2) is 69.8 Å². The average molecular weight is 388 g/mol. The second-order valence-corrected chi connectivity index (χ2v) is 6.78. The summed E-state index contributed by atoms with van der Waals surface area (Å²) in [6, 6.07) is 13.3. The smallest absolute Gasteiger partial charge is 0.344 e. The lowest BCUT2D eigenvalue weighted by atomic mass is 10.1. The zero-order valence-electron chi connectivity index (χ0n) is 13.6. The number of halogens is 1. The van der Waals surface area contributed by atoms with Crippen molar-refractivity contribution in [1.82, 2.24) is 0 Å². The maximum absolute atomic E-state index is 12.1. The zero-order valence-corrected chi connectivity index (χ0v) is 15.2. The Kier molecular flexibility index (Phi) is 5.35. The molecule has 0 saturated heterocycles. The molecule has 2 aromatic carbocycles. The number of ether oxygens (including phenoxy) is 1. The summed E-state index contributed by atoms with van der Waals surface area (Å²) < 4.78 is 4.77. The van der Waals surface area contributed by atoms with Crippen LogP contribution in [0.3, 0.4) is 0 Å². The summed E-state index contributed by atoms with van der Waals surface area (Å²) in [4.78, 5) is 17.0. The highest BCUT2D eigenvalue weighted by Gasteiger charge is 2.32. The summed E-state index contributed by atoms with van der Waals surface area (Å²) in [6.07, 6.45) is 1.66. The number of phenols is 1. The van der Waals surface area contributed by atoms with E-state index in [9.17, 15) is 15.0 Å². The molecular formula is C19H14ClNO4S. The molecule has 0 atom stereocenters. The quantitative estimate of drug-likeness (QED) is 0.736. The number of nitrogens with zero attached hydrogens (tertiary/aromatic N) is 1. The summed E-state index contributed by atoms with van der Waals surface area (Å²) >= 11 is 7.01. The molecule has 0 saturated carbocycles. The monoisotopic (exact) mass is 387 g/mol.